The number of rotatable bonds is 6. The lowest BCUT2D eigenvalue weighted by molar-refractivity contribution is 0.182. The van der Waals surface area contributed by atoms with Gasteiger partial charge in [-0.2, -0.15) is 5.10 Å². The molecule has 0 aromatic carbocycles. The minimum absolute atomic E-state index is 0.116. The van der Waals surface area contributed by atoms with Gasteiger partial charge >= 0.3 is 0 Å². The highest BCUT2D eigenvalue weighted by Gasteiger charge is 2.25. The third-order valence-electron chi connectivity index (χ3n) is 2.91. The predicted octanol–water partition coefficient (Wildman–Crippen LogP) is 2.35. The maximum Gasteiger partial charge on any atom is 0.287 e. The van der Waals surface area contributed by atoms with Crippen LogP contribution in [0.4, 0.5) is 5.69 Å². The van der Waals surface area contributed by atoms with Crippen molar-refractivity contribution in [1.82, 2.24) is 14.8 Å². The first-order chi connectivity index (χ1) is 9.95. The van der Waals surface area contributed by atoms with Crippen LogP contribution in [0.3, 0.4) is 0 Å². The van der Waals surface area contributed by atoms with Crippen LogP contribution in [0.5, 0.6) is 0 Å². The largest absolute Gasteiger partial charge is 0.383 e. The highest BCUT2D eigenvalue weighted by Crippen LogP contribution is 2.28. The Morgan fingerprint density at radius 2 is 2.29 bits per heavy atom. The van der Waals surface area contributed by atoms with Gasteiger partial charge in [0.05, 0.1) is 30.6 Å². The zero-order valence-electron chi connectivity index (χ0n) is 12.1. The van der Waals surface area contributed by atoms with Gasteiger partial charge in [0.2, 0.25) is 0 Å². The summed E-state index contributed by atoms with van der Waals surface area (Å²) in [5.41, 5.74) is -0.283. The Balaban J connectivity index is 2.25. The number of nitrogens with zero attached hydrogens (tertiary/aromatic N) is 3. The van der Waals surface area contributed by atoms with Crippen molar-refractivity contribution in [1.29, 1.82) is 0 Å². The summed E-state index contributed by atoms with van der Waals surface area (Å²) in [4.78, 5) is 16.4. The molecule has 0 aliphatic rings. The Kier molecular flexibility index (Phi) is 4.97. The molecular formula is C13H17ClN4O2S. The van der Waals surface area contributed by atoms with E-state index in [1.54, 1.807) is 19.5 Å². The number of thiazole rings is 1. The fraction of sp³-hybridized carbons (Fsp3) is 0.462. The van der Waals surface area contributed by atoms with Crippen molar-refractivity contribution in [3.8, 4) is 0 Å². The molecule has 0 aliphatic carbocycles. The Labute approximate surface area is 131 Å². The van der Waals surface area contributed by atoms with Crippen LogP contribution in [0.2, 0.25) is 5.02 Å². The second-order valence-electron chi connectivity index (χ2n) is 4.98. The molecule has 2 aromatic rings. The fourth-order valence-corrected chi connectivity index (χ4v) is 2.72. The Hall–Kier alpha value is -1.44. The van der Waals surface area contributed by atoms with Gasteiger partial charge in [-0.25, -0.2) is 9.67 Å². The summed E-state index contributed by atoms with van der Waals surface area (Å²) in [6.07, 6.45) is 3.29. The molecular weight excluding hydrogens is 312 g/mol. The van der Waals surface area contributed by atoms with Crippen LogP contribution in [-0.2, 0) is 16.8 Å². The van der Waals surface area contributed by atoms with Crippen molar-refractivity contribution >= 4 is 28.6 Å². The van der Waals surface area contributed by atoms with Crippen LogP contribution in [0.25, 0.3) is 0 Å². The standard InChI is InChI=1S/C13H17ClN4O2S/c1-13(2,12-15-4-7-21-12)17-9-8-16-18(5-6-20-3)11(19)10(9)14/h4,7-8,17H,5-6H2,1-3H3. The Bertz CT molecular complexity index is 655. The van der Waals surface area contributed by atoms with Crippen molar-refractivity contribution in [3.05, 3.63) is 38.2 Å². The van der Waals surface area contributed by atoms with Gasteiger partial charge in [-0.05, 0) is 13.8 Å². The molecule has 0 aliphatic heterocycles. The Morgan fingerprint density at radius 1 is 1.52 bits per heavy atom. The van der Waals surface area contributed by atoms with E-state index in [0.29, 0.717) is 18.8 Å². The van der Waals surface area contributed by atoms with E-state index in [4.69, 9.17) is 16.3 Å². The van der Waals surface area contributed by atoms with E-state index in [0.717, 1.165) is 5.01 Å². The normalized spacial score (nSPS) is 11.6. The number of methoxy groups -OCH3 is 1. The zero-order chi connectivity index (χ0) is 15.5. The molecule has 2 heterocycles. The molecule has 0 unspecified atom stereocenters. The summed E-state index contributed by atoms with van der Waals surface area (Å²) in [6, 6.07) is 0. The highest BCUT2D eigenvalue weighted by molar-refractivity contribution is 7.09. The lowest BCUT2D eigenvalue weighted by Gasteiger charge is -2.25. The molecule has 0 spiro atoms. The molecule has 0 fully saturated rings. The first-order valence-electron chi connectivity index (χ1n) is 6.38. The summed E-state index contributed by atoms with van der Waals surface area (Å²) in [6.45, 7) is 4.71. The van der Waals surface area contributed by atoms with E-state index >= 15 is 0 Å². The maximum absolute atomic E-state index is 12.1. The van der Waals surface area contributed by atoms with Crippen LogP contribution in [0.1, 0.15) is 18.9 Å². The fourth-order valence-electron chi connectivity index (χ4n) is 1.81. The number of halogens is 1. The summed E-state index contributed by atoms with van der Waals surface area (Å²) < 4.78 is 6.22. The summed E-state index contributed by atoms with van der Waals surface area (Å²) in [7, 11) is 1.57. The third kappa shape index (κ3) is 3.61. The van der Waals surface area contributed by atoms with Crippen molar-refractivity contribution in [2.24, 2.45) is 0 Å². The van der Waals surface area contributed by atoms with E-state index in [-0.39, 0.29) is 10.6 Å². The molecule has 0 bridgehead atoms. The van der Waals surface area contributed by atoms with E-state index in [1.807, 2.05) is 19.2 Å². The summed E-state index contributed by atoms with van der Waals surface area (Å²) in [5, 5.41) is 10.2. The third-order valence-corrected chi connectivity index (χ3v) is 4.37. The summed E-state index contributed by atoms with van der Waals surface area (Å²) >= 11 is 7.69. The smallest absolute Gasteiger partial charge is 0.287 e. The Morgan fingerprint density at radius 3 is 2.90 bits per heavy atom. The minimum atomic E-state index is -0.440. The number of aromatic nitrogens is 3. The maximum atomic E-state index is 12.1. The molecule has 0 atom stereocenters. The van der Waals surface area contributed by atoms with Crippen LogP contribution in [0.15, 0.2) is 22.6 Å². The first kappa shape index (κ1) is 15.9. The second kappa shape index (κ2) is 6.55. The highest BCUT2D eigenvalue weighted by atomic mass is 35.5. The first-order valence-corrected chi connectivity index (χ1v) is 7.64. The van der Waals surface area contributed by atoms with Crippen LogP contribution in [-0.4, -0.2) is 28.5 Å². The van der Waals surface area contributed by atoms with Crippen molar-refractivity contribution in [2.45, 2.75) is 25.9 Å². The van der Waals surface area contributed by atoms with E-state index < -0.39 is 5.54 Å². The monoisotopic (exact) mass is 328 g/mol. The van der Waals surface area contributed by atoms with Crippen molar-refractivity contribution < 1.29 is 4.74 Å². The van der Waals surface area contributed by atoms with Gasteiger partial charge in [-0.3, -0.25) is 4.79 Å². The van der Waals surface area contributed by atoms with Gasteiger partial charge in [0.1, 0.15) is 10.0 Å². The van der Waals surface area contributed by atoms with Gasteiger partial charge in [0.25, 0.3) is 5.56 Å². The number of ether oxygens (including phenoxy) is 1. The van der Waals surface area contributed by atoms with Gasteiger partial charge in [0, 0.05) is 18.7 Å². The number of nitrogens with one attached hydrogen (secondary N) is 1. The number of hydrogen-bond acceptors (Lipinski definition) is 6. The lowest BCUT2D eigenvalue weighted by Crippen LogP contribution is -2.31. The molecule has 0 amide bonds. The molecule has 6 nitrogen and oxygen atoms in total. The zero-order valence-corrected chi connectivity index (χ0v) is 13.7. The molecule has 0 radical (unpaired) electrons. The predicted molar refractivity (Wildman–Crippen MR) is 84.1 cm³/mol. The lowest BCUT2D eigenvalue weighted by atomic mass is 10.1. The molecule has 0 saturated heterocycles. The van der Waals surface area contributed by atoms with E-state index in [2.05, 4.69) is 15.4 Å². The number of hydrogen-bond donors (Lipinski definition) is 1. The molecule has 8 heteroatoms. The quantitative estimate of drug-likeness (QED) is 0.881. The summed E-state index contributed by atoms with van der Waals surface area (Å²) in [5.74, 6) is 0. The van der Waals surface area contributed by atoms with Gasteiger partial charge in [0.15, 0.2) is 0 Å². The van der Waals surface area contributed by atoms with Gasteiger partial charge in [-0.15, -0.1) is 11.3 Å². The molecule has 1 N–H and O–H groups in total. The topological polar surface area (TPSA) is 69.0 Å². The SMILES string of the molecule is COCCn1ncc(NC(C)(C)c2nccs2)c(Cl)c1=O. The molecule has 114 valence electrons. The average molecular weight is 329 g/mol. The average Bonchev–Trinajstić information content (AvgIpc) is 2.98. The van der Waals surface area contributed by atoms with E-state index in [9.17, 15) is 4.79 Å². The van der Waals surface area contributed by atoms with Crippen LogP contribution < -0.4 is 10.9 Å². The molecule has 0 saturated carbocycles. The number of anilines is 1. The van der Waals surface area contributed by atoms with Crippen molar-refractivity contribution in [2.75, 3.05) is 19.0 Å². The molecule has 2 aromatic heterocycles. The minimum Gasteiger partial charge on any atom is -0.383 e. The van der Waals surface area contributed by atoms with E-state index in [1.165, 1.54) is 16.0 Å². The van der Waals surface area contributed by atoms with Crippen LogP contribution in [0, 0.1) is 0 Å². The molecule has 21 heavy (non-hydrogen) atoms. The van der Waals surface area contributed by atoms with Crippen LogP contribution >= 0.6 is 22.9 Å². The van der Waals surface area contributed by atoms with Crippen molar-refractivity contribution in [3.63, 3.8) is 0 Å². The van der Waals surface area contributed by atoms with Gasteiger partial charge < -0.3 is 10.1 Å². The second-order valence-corrected chi connectivity index (χ2v) is 6.25. The van der Waals surface area contributed by atoms with Gasteiger partial charge in [-0.1, -0.05) is 11.6 Å². The molecule has 2 rings (SSSR count).